The van der Waals surface area contributed by atoms with Gasteiger partial charge < -0.3 is 19.8 Å². The molecule has 0 rings (SSSR count). The molecule has 0 heterocycles. The van der Waals surface area contributed by atoms with Gasteiger partial charge in [-0.05, 0) is 6.92 Å². The number of carboxylic acid groups (broad SMARTS) is 1. The number of rotatable bonds is 4. The molecule has 0 aromatic carbocycles. The van der Waals surface area contributed by atoms with Crippen molar-refractivity contribution < 1.29 is 19.5 Å². The van der Waals surface area contributed by atoms with Gasteiger partial charge in [0.05, 0.1) is 0 Å². The van der Waals surface area contributed by atoms with Gasteiger partial charge in [-0.3, -0.25) is 4.79 Å². The maximum atomic E-state index is 11.8. The summed E-state index contributed by atoms with van der Waals surface area (Å²) in [7, 11) is 6.01. The molecule has 1 atom stereocenters. The van der Waals surface area contributed by atoms with Crippen molar-refractivity contribution in [2.75, 3.05) is 34.7 Å². The molecule has 0 spiro atoms. The van der Waals surface area contributed by atoms with Crippen LogP contribution in [0.3, 0.4) is 0 Å². The number of carbonyl (C=O) groups is 3. The van der Waals surface area contributed by atoms with Crippen LogP contribution in [0.2, 0.25) is 0 Å². The molecule has 17 heavy (non-hydrogen) atoms. The summed E-state index contributed by atoms with van der Waals surface area (Å²) in [5, 5.41) is 8.77. The zero-order valence-electron chi connectivity index (χ0n) is 10.8. The molecule has 0 aliphatic heterocycles. The van der Waals surface area contributed by atoms with Crippen LogP contribution in [0.15, 0.2) is 0 Å². The van der Waals surface area contributed by atoms with E-state index in [1.807, 2.05) is 0 Å². The SMILES string of the molecule is CC(C(=O)O)N(C)C(=O)N(C)CC(=O)N(C)C. The van der Waals surface area contributed by atoms with Gasteiger partial charge in [0.15, 0.2) is 0 Å². The van der Waals surface area contributed by atoms with E-state index in [0.717, 1.165) is 4.90 Å². The van der Waals surface area contributed by atoms with Gasteiger partial charge in [-0.25, -0.2) is 9.59 Å². The third-order valence-corrected chi connectivity index (χ3v) is 2.44. The summed E-state index contributed by atoms with van der Waals surface area (Å²) in [6, 6.07) is -1.44. The van der Waals surface area contributed by atoms with Crippen LogP contribution in [0.25, 0.3) is 0 Å². The van der Waals surface area contributed by atoms with Gasteiger partial charge in [0.2, 0.25) is 5.91 Å². The second kappa shape index (κ2) is 6.07. The number of carboxylic acids is 1. The molecule has 0 aliphatic carbocycles. The predicted octanol–water partition coefficient (Wildman–Crippen LogP) is -0.469. The first-order valence-electron chi connectivity index (χ1n) is 5.09. The molecular formula is C10H19N3O4. The molecule has 0 fully saturated rings. The van der Waals surface area contributed by atoms with Crippen molar-refractivity contribution in [3.8, 4) is 0 Å². The second-order valence-corrected chi connectivity index (χ2v) is 4.05. The molecule has 0 radical (unpaired) electrons. The maximum Gasteiger partial charge on any atom is 0.326 e. The molecule has 7 nitrogen and oxygen atoms in total. The topological polar surface area (TPSA) is 81.2 Å². The zero-order valence-corrected chi connectivity index (χ0v) is 10.8. The molecule has 0 bridgehead atoms. The zero-order chi connectivity index (χ0) is 13.7. The van der Waals surface area contributed by atoms with Crippen molar-refractivity contribution >= 4 is 17.9 Å². The van der Waals surface area contributed by atoms with Crippen molar-refractivity contribution in [2.45, 2.75) is 13.0 Å². The maximum absolute atomic E-state index is 11.8. The number of hydrogen-bond donors (Lipinski definition) is 1. The fraction of sp³-hybridized carbons (Fsp3) is 0.700. The van der Waals surface area contributed by atoms with Crippen molar-refractivity contribution in [3.63, 3.8) is 0 Å². The summed E-state index contributed by atoms with van der Waals surface area (Å²) in [6.07, 6.45) is 0. The smallest absolute Gasteiger partial charge is 0.326 e. The van der Waals surface area contributed by atoms with Crippen molar-refractivity contribution in [2.24, 2.45) is 0 Å². The lowest BCUT2D eigenvalue weighted by Gasteiger charge is -2.27. The Balaban J connectivity index is 4.50. The third-order valence-electron chi connectivity index (χ3n) is 2.44. The lowest BCUT2D eigenvalue weighted by Crippen LogP contribution is -2.48. The molecule has 0 aliphatic rings. The van der Waals surface area contributed by atoms with E-state index in [0.29, 0.717) is 0 Å². The van der Waals surface area contributed by atoms with Gasteiger partial charge in [0, 0.05) is 28.2 Å². The fourth-order valence-corrected chi connectivity index (χ4v) is 1.01. The van der Waals surface area contributed by atoms with Crippen LogP contribution in [-0.4, -0.2) is 78.5 Å². The molecule has 0 aromatic rings. The number of aliphatic carboxylic acids is 1. The third kappa shape index (κ3) is 4.29. The van der Waals surface area contributed by atoms with E-state index >= 15 is 0 Å². The summed E-state index contributed by atoms with van der Waals surface area (Å²) in [5.41, 5.74) is 0. The van der Waals surface area contributed by atoms with Crippen molar-refractivity contribution in [1.82, 2.24) is 14.7 Å². The Labute approximate surface area is 101 Å². The second-order valence-electron chi connectivity index (χ2n) is 4.05. The van der Waals surface area contributed by atoms with E-state index in [9.17, 15) is 14.4 Å². The number of hydrogen-bond acceptors (Lipinski definition) is 3. The van der Waals surface area contributed by atoms with E-state index in [1.54, 1.807) is 14.1 Å². The molecule has 3 amide bonds. The van der Waals surface area contributed by atoms with Gasteiger partial charge >= 0.3 is 12.0 Å². The minimum Gasteiger partial charge on any atom is -0.480 e. The Hall–Kier alpha value is -1.79. The summed E-state index contributed by atoms with van der Waals surface area (Å²) in [6.45, 7) is 1.32. The molecule has 0 aromatic heterocycles. The van der Waals surface area contributed by atoms with E-state index < -0.39 is 18.0 Å². The molecule has 1 unspecified atom stereocenters. The Morgan fingerprint density at radius 3 is 1.94 bits per heavy atom. The largest absolute Gasteiger partial charge is 0.480 e. The number of urea groups is 1. The standard InChI is InChI=1S/C10H19N3O4/c1-7(9(15)16)13(5)10(17)12(4)6-8(14)11(2)3/h7H,6H2,1-5H3,(H,15,16). The highest BCUT2D eigenvalue weighted by Crippen LogP contribution is 2.01. The minimum atomic E-state index is -1.09. The Morgan fingerprint density at radius 1 is 1.12 bits per heavy atom. The Bertz CT molecular complexity index is 317. The molecule has 7 heteroatoms. The number of amides is 3. The van der Waals surface area contributed by atoms with Gasteiger partial charge in [-0.15, -0.1) is 0 Å². The van der Waals surface area contributed by atoms with Crippen LogP contribution in [0.5, 0.6) is 0 Å². The highest BCUT2D eigenvalue weighted by molar-refractivity contribution is 5.86. The van der Waals surface area contributed by atoms with Crippen LogP contribution >= 0.6 is 0 Å². The monoisotopic (exact) mass is 245 g/mol. The van der Waals surface area contributed by atoms with E-state index in [2.05, 4.69) is 0 Å². The van der Waals surface area contributed by atoms with Gasteiger partial charge in [-0.1, -0.05) is 0 Å². The minimum absolute atomic E-state index is 0.0808. The van der Waals surface area contributed by atoms with Crippen LogP contribution < -0.4 is 0 Å². The van der Waals surface area contributed by atoms with Gasteiger partial charge in [0.25, 0.3) is 0 Å². The number of nitrogens with zero attached hydrogens (tertiary/aromatic N) is 3. The van der Waals surface area contributed by atoms with Crippen LogP contribution in [0, 0.1) is 0 Å². The predicted molar refractivity (Wildman–Crippen MR) is 61.6 cm³/mol. The summed E-state index contributed by atoms with van der Waals surface area (Å²) in [4.78, 5) is 37.5. The summed E-state index contributed by atoms with van der Waals surface area (Å²) < 4.78 is 0. The average Bonchev–Trinajstić information content (AvgIpc) is 2.25. The van der Waals surface area contributed by atoms with Crippen LogP contribution in [0.4, 0.5) is 4.79 Å². The van der Waals surface area contributed by atoms with Crippen molar-refractivity contribution in [3.05, 3.63) is 0 Å². The van der Waals surface area contributed by atoms with E-state index in [1.165, 1.54) is 30.8 Å². The summed E-state index contributed by atoms with van der Waals surface area (Å²) >= 11 is 0. The Morgan fingerprint density at radius 2 is 1.59 bits per heavy atom. The van der Waals surface area contributed by atoms with E-state index in [-0.39, 0.29) is 12.5 Å². The molecule has 1 N–H and O–H groups in total. The van der Waals surface area contributed by atoms with E-state index in [4.69, 9.17) is 5.11 Å². The van der Waals surface area contributed by atoms with Crippen molar-refractivity contribution in [1.29, 1.82) is 0 Å². The van der Waals surface area contributed by atoms with Crippen LogP contribution in [0.1, 0.15) is 6.92 Å². The molecule has 0 saturated heterocycles. The molecule has 0 saturated carbocycles. The Kier molecular flexibility index (Phi) is 5.43. The first-order chi connectivity index (χ1) is 7.68. The lowest BCUT2D eigenvalue weighted by molar-refractivity contribution is -0.141. The normalized spacial score (nSPS) is 11.6. The van der Waals surface area contributed by atoms with Gasteiger partial charge in [-0.2, -0.15) is 0 Å². The highest BCUT2D eigenvalue weighted by Gasteiger charge is 2.25. The molecule has 98 valence electrons. The van der Waals surface area contributed by atoms with Crippen LogP contribution in [-0.2, 0) is 9.59 Å². The first-order valence-corrected chi connectivity index (χ1v) is 5.09. The quantitative estimate of drug-likeness (QED) is 0.726. The first kappa shape index (κ1) is 15.2. The average molecular weight is 245 g/mol. The molecular weight excluding hydrogens is 226 g/mol. The summed E-state index contributed by atoms with van der Waals surface area (Å²) in [5.74, 6) is -1.31. The fourth-order valence-electron chi connectivity index (χ4n) is 1.01. The number of carbonyl (C=O) groups excluding carboxylic acids is 2. The highest BCUT2D eigenvalue weighted by atomic mass is 16.4. The number of likely N-dealkylation sites (N-methyl/N-ethyl adjacent to an activating group) is 3. The van der Waals surface area contributed by atoms with Gasteiger partial charge in [0.1, 0.15) is 12.6 Å². The lowest BCUT2D eigenvalue weighted by atomic mass is 10.3.